The number of urea groups is 1. The molecule has 0 spiro atoms. The third kappa shape index (κ3) is 4.21. The molecule has 2 rings (SSSR count). The van der Waals surface area contributed by atoms with E-state index in [1.165, 1.54) is 11.0 Å². The number of nitrogens with zero attached hydrogens (tertiary/aromatic N) is 1. The van der Waals surface area contributed by atoms with Gasteiger partial charge in [-0.1, -0.05) is 19.1 Å². The lowest BCUT2D eigenvalue weighted by Crippen LogP contribution is -2.49. The minimum Gasteiger partial charge on any atom is -0.481 e. The molecule has 1 aliphatic heterocycles. The summed E-state index contributed by atoms with van der Waals surface area (Å²) in [6.45, 7) is 6.15. The van der Waals surface area contributed by atoms with Gasteiger partial charge in [-0.15, -0.1) is 0 Å². The molecule has 126 valence electrons. The fourth-order valence-electron chi connectivity index (χ4n) is 2.93. The highest BCUT2D eigenvalue weighted by molar-refractivity contribution is 5.77. The number of carbonyl (C=O) groups is 2. The van der Waals surface area contributed by atoms with Crippen LogP contribution in [-0.2, 0) is 4.79 Å². The van der Waals surface area contributed by atoms with Crippen molar-refractivity contribution in [3.63, 3.8) is 0 Å². The zero-order valence-corrected chi connectivity index (χ0v) is 13.7. The Hall–Kier alpha value is -2.11. The highest BCUT2D eigenvalue weighted by atomic mass is 19.1. The number of carboxylic acids is 1. The maximum atomic E-state index is 13.6. The Morgan fingerprint density at radius 3 is 2.70 bits per heavy atom. The Labute approximate surface area is 135 Å². The average molecular weight is 322 g/mol. The van der Waals surface area contributed by atoms with Crippen molar-refractivity contribution in [2.24, 2.45) is 11.8 Å². The van der Waals surface area contributed by atoms with E-state index in [9.17, 15) is 19.1 Å². The van der Waals surface area contributed by atoms with Gasteiger partial charge in [-0.25, -0.2) is 9.18 Å². The van der Waals surface area contributed by atoms with Crippen LogP contribution in [-0.4, -0.2) is 35.1 Å². The monoisotopic (exact) mass is 322 g/mol. The quantitative estimate of drug-likeness (QED) is 0.899. The second-order valence-electron chi connectivity index (χ2n) is 6.46. The van der Waals surface area contributed by atoms with Crippen molar-refractivity contribution in [3.05, 3.63) is 35.1 Å². The molecule has 3 unspecified atom stereocenters. The lowest BCUT2D eigenvalue weighted by Gasteiger charge is -2.35. The van der Waals surface area contributed by atoms with E-state index in [1.807, 2.05) is 6.92 Å². The lowest BCUT2D eigenvalue weighted by molar-refractivity contribution is -0.143. The number of aryl methyl sites for hydroxylation is 1. The number of hydrogen-bond acceptors (Lipinski definition) is 2. The van der Waals surface area contributed by atoms with E-state index in [2.05, 4.69) is 5.32 Å². The van der Waals surface area contributed by atoms with E-state index in [0.29, 0.717) is 24.1 Å². The highest BCUT2D eigenvalue weighted by Gasteiger charge is 2.32. The first kappa shape index (κ1) is 17.2. The van der Waals surface area contributed by atoms with Crippen molar-refractivity contribution in [1.82, 2.24) is 10.2 Å². The fourth-order valence-corrected chi connectivity index (χ4v) is 2.93. The first-order valence-corrected chi connectivity index (χ1v) is 7.82. The molecule has 5 nitrogen and oxygen atoms in total. The average Bonchev–Trinajstić information content (AvgIpc) is 2.49. The molecule has 1 heterocycles. The van der Waals surface area contributed by atoms with E-state index in [4.69, 9.17) is 0 Å². The van der Waals surface area contributed by atoms with E-state index in [0.717, 1.165) is 0 Å². The summed E-state index contributed by atoms with van der Waals surface area (Å²) in [5.74, 6) is -1.57. The predicted molar refractivity (Wildman–Crippen MR) is 84.6 cm³/mol. The van der Waals surface area contributed by atoms with Gasteiger partial charge in [0.2, 0.25) is 0 Å². The number of piperidine rings is 1. The fraction of sp³-hybridized carbons (Fsp3) is 0.529. The number of halogens is 1. The van der Waals surface area contributed by atoms with Gasteiger partial charge < -0.3 is 15.3 Å². The summed E-state index contributed by atoms with van der Waals surface area (Å²) in [5.41, 5.74) is 1.24. The first-order valence-electron chi connectivity index (χ1n) is 7.82. The first-order chi connectivity index (χ1) is 10.8. The van der Waals surface area contributed by atoms with Crippen molar-refractivity contribution < 1.29 is 19.1 Å². The maximum Gasteiger partial charge on any atom is 0.317 e. The Kier molecular flexibility index (Phi) is 5.23. The van der Waals surface area contributed by atoms with E-state index < -0.39 is 11.9 Å². The van der Waals surface area contributed by atoms with Crippen LogP contribution < -0.4 is 5.32 Å². The molecule has 2 amide bonds. The van der Waals surface area contributed by atoms with E-state index in [1.54, 1.807) is 26.0 Å². The predicted octanol–water partition coefficient (Wildman–Crippen LogP) is 2.95. The van der Waals surface area contributed by atoms with Crippen molar-refractivity contribution in [1.29, 1.82) is 0 Å². The van der Waals surface area contributed by atoms with Gasteiger partial charge in [-0.05, 0) is 43.4 Å². The highest BCUT2D eigenvalue weighted by Crippen LogP contribution is 2.23. The molecule has 6 heteroatoms. The van der Waals surface area contributed by atoms with Gasteiger partial charge in [-0.2, -0.15) is 0 Å². The zero-order valence-electron chi connectivity index (χ0n) is 13.7. The zero-order chi connectivity index (χ0) is 17.1. The summed E-state index contributed by atoms with van der Waals surface area (Å²) in [7, 11) is 0. The Morgan fingerprint density at radius 1 is 1.39 bits per heavy atom. The maximum absolute atomic E-state index is 13.6. The number of rotatable bonds is 3. The summed E-state index contributed by atoms with van der Waals surface area (Å²) >= 11 is 0. The van der Waals surface area contributed by atoms with Gasteiger partial charge in [0.1, 0.15) is 5.82 Å². The van der Waals surface area contributed by atoms with Crippen LogP contribution in [0, 0.1) is 24.6 Å². The Bertz CT molecular complexity index is 606. The van der Waals surface area contributed by atoms with Crippen LogP contribution in [0.4, 0.5) is 9.18 Å². The summed E-state index contributed by atoms with van der Waals surface area (Å²) in [5, 5.41) is 12.0. The van der Waals surface area contributed by atoms with E-state index in [-0.39, 0.29) is 30.4 Å². The largest absolute Gasteiger partial charge is 0.481 e. The summed E-state index contributed by atoms with van der Waals surface area (Å²) in [6.07, 6.45) is 0.581. The van der Waals surface area contributed by atoms with Crippen molar-refractivity contribution in [3.8, 4) is 0 Å². The number of amides is 2. The molecule has 0 aromatic heterocycles. The summed E-state index contributed by atoms with van der Waals surface area (Å²) in [4.78, 5) is 25.1. The number of likely N-dealkylation sites (tertiary alicyclic amines) is 1. The number of aliphatic carboxylic acids is 1. The minimum atomic E-state index is -0.872. The van der Waals surface area contributed by atoms with E-state index >= 15 is 0 Å². The molecule has 0 aliphatic carbocycles. The van der Waals surface area contributed by atoms with Crippen LogP contribution in [0.2, 0.25) is 0 Å². The number of carboxylic acid groups (broad SMARTS) is 1. The molecule has 1 fully saturated rings. The lowest BCUT2D eigenvalue weighted by atomic mass is 9.91. The number of nitrogens with one attached hydrogen (secondary N) is 1. The Balaban J connectivity index is 2.02. The third-order valence-corrected chi connectivity index (χ3v) is 4.33. The molecule has 3 atom stereocenters. The molecule has 0 bridgehead atoms. The van der Waals surface area contributed by atoms with Crippen LogP contribution in [0.1, 0.15) is 37.4 Å². The van der Waals surface area contributed by atoms with Gasteiger partial charge in [0.15, 0.2) is 0 Å². The van der Waals surface area contributed by atoms with Gasteiger partial charge >= 0.3 is 12.0 Å². The smallest absolute Gasteiger partial charge is 0.317 e. The molecule has 1 saturated heterocycles. The molecule has 0 radical (unpaired) electrons. The second kappa shape index (κ2) is 6.98. The number of benzene rings is 1. The molecule has 0 saturated carbocycles. The molecule has 2 N–H and O–H groups in total. The summed E-state index contributed by atoms with van der Waals surface area (Å²) < 4.78 is 13.6. The van der Waals surface area contributed by atoms with Crippen LogP contribution in [0.25, 0.3) is 0 Å². The molecule has 23 heavy (non-hydrogen) atoms. The van der Waals surface area contributed by atoms with Gasteiger partial charge in [0.25, 0.3) is 0 Å². The number of hydrogen-bond donors (Lipinski definition) is 2. The molecule has 1 aromatic carbocycles. The van der Waals surface area contributed by atoms with Crippen molar-refractivity contribution >= 4 is 12.0 Å². The van der Waals surface area contributed by atoms with Crippen LogP contribution in [0.3, 0.4) is 0 Å². The van der Waals surface area contributed by atoms with Crippen LogP contribution >= 0.6 is 0 Å². The third-order valence-electron chi connectivity index (χ3n) is 4.33. The molecule has 1 aromatic rings. The van der Waals surface area contributed by atoms with Crippen LogP contribution in [0.15, 0.2) is 18.2 Å². The second-order valence-corrected chi connectivity index (χ2v) is 6.46. The molecular weight excluding hydrogens is 299 g/mol. The van der Waals surface area contributed by atoms with Gasteiger partial charge in [0, 0.05) is 13.1 Å². The van der Waals surface area contributed by atoms with Crippen LogP contribution in [0.5, 0.6) is 0 Å². The number of carbonyl (C=O) groups excluding carboxylic acids is 1. The van der Waals surface area contributed by atoms with Crippen molar-refractivity contribution in [2.45, 2.75) is 33.2 Å². The standard InChI is InChI=1S/C17H23FN2O3/c1-10-6-14(16(21)22)9-20(8-10)17(23)19-12(3)13-5-4-11(2)15(18)7-13/h4-5,7,10,12,14H,6,8-9H2,1-3H3,(H,19,23)(H,21,22). The minimum absolute atomic E-state index is 0.141. The SMILES string of the molecule is Cc1ccc(C(C)NC(=O)N2CC(C)CC(C(=O)O)C2)cc1F. The normalized spacial score (nSPS) is 22.5. The molecule has 1 aliphatic rings. The van der Waals surface area contributed by atoms with Gasteiger partial charge in [0.05, 0.1) is 12.0 Å². The van der Waals surface area contributed by atoms with Crippen molar-refractivity contribution in [2.75, 3.05) is 13.1 Å². The molecular formula is C17H23FN2O3. The topological polar surface area (TPSA) is 69.6 Å². The summed E-state index contributed by atoms with van der Waals surface area (Å²) in [6, 6.07) is 4.22. The Morgan fingerprint density at radius 2 is 2.09 bits per heavy atom. The van der Waals surface area contributed by atoms with Gasteiger partial charge in [-0.3, -0.25) is 4.79 Å².